The molecule has 0 fully saturated rings. The molecule has 3 aromatic rings. The molecule has 0 aliphatic rings. The molecule has 3 amide bonds. The number of hydrogen-bond donors (Lipinski definition) is 5. The first kappa shape index (κ1) is 32.3. The van der Waals surface area contributed by atoms with E-state index in [9.17, 15) is 19.5 Å². The number of amides is 3. The second kappa shape index (κ2) is 16.9. The monoisotopic (exact) mass is 574 g/mol. The Morgan fingerprint density at radius 2 is 1.48 bits per heavy atom. The zero-order valence-electron chi connectivity index (χ0n) is 24.4. The first-order valence-corrected chi connectivity index (χ1v) is 14.3. The van der Waals surface area contributed by atoms with E-state index in [2.05, 4.69) is 16.0 Å². The quantitative estimate of drug-likeness (QED) is 0.167. The largest absolute Gasteiger partial charge is 0.497 e. The van der Waals surface area contributed by atoms with Gasteiger partial charge < -0.3 is 31.5 Å². The number of hydrogen-bond acceptors (Lipinski definition) is 6. The summed E-state index contributed by atoms with van der Waals surface area (Å²) in [6, 6.07) is 22.1. The van der Waals surface area contributed by atoms with Crippen LogP contribution in [0, 0.1) is 0 Å². The van der Waals surface area contributed by atoms with Crippen molar-refractivity contribution in [2.45, 2.75) is 57.7 Å². The number of carbonyl (C=O) groups is 3. The molecule has 0 aliphatic carbocycles. The van der Waals surface area contributed by atoms with Gasteiger partial charge in [-0.1, -0.05) is 67.6 Å². The third kappa shape index (κ3) is 11.3. The van der Waals surface area contributed by atoms with Gasteiger partial charge in [0.15, 0.2) is 0 Å². The van der Waals surface area contributed by atoms with Crippen molar-refractivity contribution in [2.24, 2.45) is 5.73 Å². The maximum Gasteiger partial charge on any atom is 0.224 e. The lowest BCUT2D eigenvalue weighted by atomic mass is 9.98. The normalized spacial score (nSPS) is 12.3. The molecular weight excluding hydrogens is 532 g/mol. The highest BCUT2D eigenvalue weighted by Crippen LogP contribution is 2.15. The molecule has 6 N–H and O–H groups in total. The summed E-state index contributed by atoms with van der Waals surface area (Å²) < 4.78 is 5.28. The Morgan fingerprint density at radius 1 is 0.833 bits per heavy atom. The van der Waals surface area contributed by atoms with Gasteiger partial charge in [0.05, 0.1) is 38.5 Å². The van der Waals surface area contributed by atoms with E-state index in [4.69, 9.17) is 10.5 Å². The Bertz CT molecular complexity index is 1310. The van der Waals surface area contributed by atoms with Crippen LogP contribution in [0.15, 0.2) is 72.8 Å². The predicted molar refractivity (Wildman–Crippen MR) is 163 cm³/mol. The average molecular weight is 575 g/mol. The minimum atomic E-state index is -0.862. The summed E-state index contributed by atoms with van der Waals surface area (Å²) in [5.74, 6) is -0.143. The standard InChI is InChI=1S/C33H42N4O5/c1-3-12-36-32(40)19-26-13-25(18-31(34)39)14-27(15-26)20-33(41)37-29(17-23-8-5-4-6-9-23)30(38)22-35-21-24-10-7-11-28(16-24)42-2/h4-11,13-16,29-30,35,38H,3,12,17-22H2,1-2H3,(H2,34,39)(H,36,40)(H,37,41)/t29-,30+/m0/s1. The van der Waals surface area contributed by atoms with Crippen LogP contribution in [0.3, 0.4) is 0 Å². The molecule has 9 nitrogen and oxygen atoms in total. The molecule has 0 unspecified atom stereocenters. The van der Waals surface area contributed by atoms with E-state index in [1.807, 2.05) is 61.5 Å². The van der Waals surface area contributed by atoms with Crippen LogP contribution in [0.2, 0.25) is 0 Å². The highest BCUT2D eigenvalue weighted by atomic mass is 16.5. The van der Waals surface area contributed by atoms with Crippen molar-refractivity contribution < 1.29 is 24.2 Å². The highest BCUT2D eigenvalue weighted by molar-refractivity contribution is 5.81. The average Bonchev–Trinajstić information content (AvgIpc) is 2.95. The third-order valence-corrected chi connectivity index (χ3v) is 6.72. The Labute approximate surface area is 247 Å². The summed E-state index contributed by atoms with van der Waals surface area (Å²) in [7, 11) is 1.62. The SMILES string of the molecule is CCCNC(=O)Cc1cc(CC(N)=O)cc(CC(=O)N[C@@H](Cc2ccccc2)[C@H](O)CNCc2cccc(OC)c2)c1. The molecule has 0 saturated heterocycles. The number of nitrogens with two attached hydrogens (primary N) is 1. The maximum atomic E-state index is 13.3. The van der Waals surface area contributed by atoms with E-state index in [1.54, 1.807) is 25.3 Å². The fourth-order valence-electron chi connectivity index (χ4n) is 4.74. The van der Waals surface area contributed by atoms with Crippen LogP contribution in [-0.4, -0.2) is 55.2 Å². The fraction of sp³-hybridized carbons (Fsp3) is 0.364. The minimum absolute atomic E-state index is 0.00728. The summed E-state index contributed by atoms with van der Waals surface area (Å²) in [5, 5.41) is 20.2. The van der Waals surface area contributed by atoms with Crippen LogP contribution in [0.1, 0.15) is 41.2 Å². The third-order valence-electron chi connectivity index (χ3n) is 6.72. The number of nitrogens with one attached hydrogen (secondary N) is 3. The summed E-state index contributed by atoms with van der Waals surface area (Å²) >= 11 is 0. The predicted octanol–water partition coefficient (Wildman–Crippen LogP) is 2.21. The second-order valence-corrected chi connectivity index (χ2v) is 10.4. The van der Waals surface area contributed by atoms with Crippen LogP contribution in [0.5, 0.6) is 5.75 Å². The van der Waals surface area contributed by atoms with Crippen LogP contribution >= 0.6 is 0 Å². The smallest absolute Gasteiger partial charge is 0.224 e. The number of rotatable bonds is 17. The number of carbonyl (C=O) groups excluding carboxylic acids is 3. The summed E-state index contributed by atoms with van der Waals surface area (Å²) in [4.78, 5) is 37.2. The summed E-state index contributed by atoms with van der Waals surface area (Å²) in [6.45, 7) is 3.35. The zero-order chi connectivity index (χ0) is 30.3. The van der Waals surface area contributed by atoms with Gasteiger partial charge in [-0.15, -0.1) is 0 Å². The molecule has 0 bridgehead atoms. The van der Waals surface area contributed by atoms with Crippen molar-refractivity contribution in [1.29, 1.82) is 0 Å². The van der Waals surface area contributed by atoms with Crippen LogP contribution in [0.25, 0.3) is 0 Å². The summed E-state index contributed by atoms with van der Waals surface area (Å²) in [5.41, 5.74) is 9.43. The highest BCUT2D eigenvalue weighted by Gasteiger charge is 2.22. The van der Waals surface area contributed by atoms with Gasteiger partial charge in [0.1, 0.15) is 5.75 Å². The molecule has 3 rings (SSSR count). The Hall–Kier alpha value is -4.21. The van der Waals surface area contributed by atoms with Gasteiger partial charge in [-0.05, 0) is 52.8 Å². The van der Waals surface area contributed by atoms with E-state index >= 15 is 0 Å². The molecule has 2 atom stereocenters. The van der Waals surface area contributed by atoms with Crippen LogP contribution in [0.4, 0.5) is 0 Å². The lowest BCUT2D eigenvalue weighted by Crippen LogP contribution is -2.49. The van der Waals surface area contributed by atoms with E-state index in [1.165, 1.54) is 0 Å². The second-order valence-electron chi connectivity index (χ2n) is 10.4. The number of ether oxygens (including phenoxy) is 1. The molecule has 42 heavy (non-hydrogen) atoms. The van der Waals surface area contributed by atoms with Crippen LogP contribution < -0.4 is 26.4 Å². The topological polar surface area (TPSA) is 143 Å². The molecule has 0 heterocycles. The first-order chi connectivity index (χ1) is 20.2. The van der Waals surface area contributed by atoms with Crippen LogP contribution in [-0.2, 0) is 46.6 Å². The summed E-state index contributed by atoms with van der Waals surface area (Å²) in [6.07, 6.45) is 0.567. The lowest BCUT2D eigenvalue weighted by Gasteiger charge is -2.25. The molecule has 3 aromatic carbocycles. The lowest BCUT2D eigenvalue weighted by molar-refractivity contribution is -0.122. The van der Waals surface area contributed by atoms with Gasteiger partial charge in [0, 0.05) is 19.6 Å². The molecule has 0 radical (unpaired) electrons. The number of methoxy groups -OCH3 is 1. The Morgan fingerprint density at radius 3 is 2.12 bits per heavy atom. The number of aliphatic hydroxyl groups is 1. The first-order valence-electron chi connectivity index (χ1n) is 14.3. The maximum absolute atomic E-state index is 13.3. The Kier molecular flexibility index (Phi) is 13.0. The Balaban J connectivity index is 1.70. The zero-order valence-corrected chi connectivity index (χ0v) is 24.4. The van der Waals surface area contributed by atoms with Gasteiger partial charge in [0.2, 0.25) is 17.7 Å². The van der Waals surface area contributed by atoms with Gasteiger partial charge >= 0.3 is 0 Å². The van der Waals surface area contributed by atoms with Crippen molar-refractivity contribution in [2.75, 3.05) is 20.2 Å². The van der Waals surface area contributed by atoms with E-state index < -0.39 is 18.1 Å². The van der Waals surface area contributed by atoms with Crippen molar-refractivity contribution in [3.63, 3.8) is 0 Å². The molecule has 0 aromatic heterocycles. The van der Waals surface area contributed by atoms with Crippen molar-refractivity contribution in [1.82, 2.24) is 16.0 Å². The van der Waals surface area contributed by atoms with Gasteiger partial charge in [-0.2, -0.15) is 0 Å². The van der Waals surface area contributed by atoms with Crippen molar-refractivity contribution in [3.05, 3.63) is 101 Å². The van der Waals surface area contributed by atoms with Crippen molar-refractivity contribution in [3.8, 4) is 5.75 Å². The van der Waals surface area contributed by atoms with E-state index in [0.717, 1.165) is 23.3 Å². The molecule has 0 aliphatic heterocycles. The molecule has 9 heteroatoms. The molecule has 224 valence electrons. The van der Waals surface area contributed by atoms with Gasteiger partial charge in [-0.25, -0.2) is 0 Å². The number of benzene rings is 3. The fourth-order valence-corrected chi connectivity index (χ4v) is 4.74. The number of aliphatic hydroxyl groups excluding tert-OH is 1. The van der Waals surface area contributed by atoms with Crippen molar-refractivity contribution >= 4 is 17.7 Å². The molecular formula is C33H42N4O5. The number of primary amides is 1. The minimum Gasteiger partial charge on any atom is -0.497 e. The molecule has 0 saturated carbocycles. The van der Waals surface area contributed by atoms with Gasteiger partial charge in [-0.3, -0.25) is 14.4 Å². The van der Waals surface area contributed by atoms with Gasteiger partial charge in [0.25, 0.3) is 0 Å². The van der Waals surface area contributed by atoms with E-state index in [-0.39, 0.29) is 37.6 Å². The molecule has 0 spiro atoms. The van der Waals surface area contributed by atoms with E-state index in [0.29, 0.717) is 36.2 Å².